The molecule has 2 N–H and O–H groups in total. The molecule has 0 saturated heterocycles. The summed E-state index contributed by atoms with van der Waals surface area (Å²) < 4.78 is 38.5. The quantitative estimate of drug-likeness (QED) is 0.541. The minimum atomic E-state index is -3.86. The van der Waals surface area contributed by atoms with E-state index in [1.807, 2.05) is 0 Å². The van der Waals surface area contributed by atoms with Gasteiger partial charge in [-0.3, -0.25) is 0 Å². The fourth-order valence-corrected chi connectivity index (χ4v) is 4.35. The Hall–Kier alpha value is -3.56. The Morgan fingerprint density at radius 3 is 2.44 bits per heavy atom. The summed E-state index contributed by atoms with van der Waals surface area (Å²) in [5.41, 5.74) is 1.44. The van der Waals surface area contributed by atoms with E-state index in [0.717, 1.165) is 5.56 Å². The van der Waals surface area contributed by atoms with Gasteiger partial charge in [0, 0.05) is 0 Å². The predicted molar refractivity (Wildman–Crippen MR) is 121 cm³/mol. The number of halogens is 1. The molecule has 0 spiro atoms. The lowest BCUT2D eigenvalue weighted by atomic mass is 10.1. The molecule has 10 heteroatoms. The van der Waals surface area contributed by atoms with Crippen LogP contribution in [0.4, 0.5) is 5.69 Å². The zero-order chi connectivity index (χ0) is 22.7. The monoisotopic (exact) mass is 471 g/mol. The van der Waals surface area contributed by atoms with Crippen molar-refractivity contribution in [3.8, 4) is 11.5 Å². The number of carbonyl (C=O) groups is 1. The second-order valence-corrected chi connectivity index (χ2v) is 8.80. The van der Waals surface area contributed by atoms with E-state index in [9.17, 15) is 13.2 Å². The number of guanidine groups is 1. The van der Waals surface area contributed by atoms with E-state index in [4.69, 9.17) is 16.3 Å². The van der Waals surface area contributed by atoms with Crippen molar-refractivity contribution in [2.24, 2.45) is 4.99 Å². The number of para-hydroxylation sites is 2. The highest BCUT2D eigenvalue weighted by Gasteiger charge is 2.29. The van der Waals surface area contributed by atoms with Gasteiger partial charge in [-0.05, 0) is 42.0 Å². The molecule has 1 aliphatic heterocycles. The molecule has 0 amide bonds. The summed E-state index contributed by atoms with van der Waals surface area (Å²) in [5, 5.41) is 3.38. The smallest absolute Gasteiger partial charge is 0.337 e. The van der Waals surface area contributed by atoms with Crippen LogP contribution < -0.4 is 14.8 Å². The van der Waals surface area contributed by atoms with Crippen LogP contribution in [0, 0.1) is 0 Å². The van der Waals surface area contributed by atoms with Crippen molar-refractivity contribution in [1.82, 2.24) is 4.72 Å². The highest BCUT2D eigenvalue weighted by atomic mass is 35.5. The molecule has 32 heavy (non-hydrogen) atoms. The summed E-state index contributed by atoms with van der Waals surface area (Å²) in [6.07, 6.45) is 0. The SMILES string of the molecule is COC(=O)c1ccc(CN=C2Nc3c(Oc4ccccc4Cl)cccc3S(=O)(=O)N2)cc1. The number of fused-ring (bicyclic) bond motifs is 1. The number of sulfonamides is 1. The van der Waals surface area contributed by atoms with E-state index in [2.05, 4.69) is 19.8 Å². The van der Waals surface area contributed by atoms with Gasteiger partial charge in [0.05, 0.1) is 24.2 Å². The number of anilines is 1. The van der Waals surface area contributed by atoms with Gasteiger partial charge < -0.3 is 14.8 Å². The normalized spacial score (nSPS) is 15.2. The van der Waals surface area contributed by atoms with Crippen molar-refractivity contribution in [2.75, 3.05) is 12.4 Å². The van der Waals surface area contributed by atoms with Gasteiger partial charge in [-0.2, -0.15) is 0 Å². The van der Waals surface area contributed by atoms with Crippen molar-refractivity contribution in [2.45, 2.75) is 11.4 Å². The van der Waals surface area contributed by atoms with Gasteiger partial charge in [0.15, 0.2) is 5.75 Å². The Morgan fingerprint density at radius 2 is 1.72 bits per heavy atom. The zero-order valence-corrected chi connectivity index (χ0v) is 18.4. The van der Waals surface area contributed by atoms with E-state index in [0.29, 0.717) is 16.3 Å². The molecule has 164 valence electrons. The number of aliphatic imine (C=N–C) groups is 1. The van der Waals surface area contributed by atoms with E-state index >= 15 is 0 Å². The molecule has 0 aromatic heterocycles. The minimum Gasteiger partial charge on any atom is -0.465 e. The number of nitrogens with one attached hydrogen (secondary N) is 2. The van der Waals surface area contributed by atoms with Gasteiger partial charge in [-0.15, -0.1) is 0 Å². The molecule has 0 fully saturated rings. The number of rotatable bonds is 5. The lowest BCUT2D eigenvalue weighted by Crippen LogP contribution is -2.40. The van der Waals surface area contributed by atoms with Crippen LogP contribution >= 0.6 is 11.6 Å². The number of carbonyl (C=O) groups excluding carboxylic acids is 1. The van der Waals surface area contributed by atoms with Crippen LogP contribution in [0.25, 0.3) is 0 Å². The van der Waals surface area contributed by atoms with E-state index < -0.39 is 16.0 Å². The summed E-state index contributed by atoms with van der Waals surface area (Å²) in [5.74, 6) is 0.289. The first-order valence-electron chi connectivity index (χ1n) is 9.44. The van der Waals surface area contributed by atoms with Crippen molar-refractivity contribution in [3.05, 3.63) is 82.9 Å². The second kappa shape index (κ2) is 8.89. The Bertz CT molecular complexity index is 1310. The first-order valence-corrected chi connectivity index (χ1v) is 11.3. The summed E-state index contributed by atoms with van der Waals surface area (Å²) >= 11 is 6.17. The molecule has 3 aromatic rings. The molecular formula is C22H18ClN3O5S. The van der Waals surface area contributed by atoms with Crippen LogP contribution in [0.3, 0.4) is 0 Å². The van der Waals surface area contributed by atoms with Crippen molar-refractivity contribution in [3.63, 3.8) is 0 Å². The Labute approximate surface area is 189 Å². The highest BCUT2D eigenvalue weighted by Crippen LogP contribution is 2.38. The molecule has 0 saturated carbocycles. The molecule has 0 radical (unpaired) electrons. The maximum Gasteiger partial charge on any atom is 0.337 e. The molecule has 1 heterocycles. The number of benzene rings is 3. The Morgan fingerprint density at radius 1 is 1.00 bits per heavy atom. The number of esters is 1. The number of methoxy groups -OCH3 is 1. The standard InChI is InChI=1S/C22H18ClN3O5S/c1-30-21(27)15-11-9-14(10-12-15)13-24-22-25-20-18(31-17-6-3-2-5-16(17)23)7-4-8-19(20)32(28,29)26-22/h2-12H,13H2,1H3,(H2,24,25,26). The van der Waals surface area contributed by atoms with Gasteiger partial charge in [0.1, 0.15) is 16.3 Å². The number of hydrogen-bond acceptors (Lipinski definition) is 6. The predicted octanol–water partition coefficient (Wildman–Crippen LogP) is 4.18. The summed E-state index contributed by atoms with van der Waals surface area (Å²) in [4.78, 5) is 15.9. The maximum atomic E-state index is 12.8. The molecule has 0 bridgehead atoms. The molecule has 0 atom stereocenters. The summed E-state index contributed by atoms with van der Waals surface area (Å²) in [6, 6.07) is 18.2. The van der Waals surface area contributed by atoms with Crippen LogP contribution in [0.1, 0.15) is 15.9 Å². The first kappa shape index (κ1) is 21.7. The number of ether oxygens (including phenoxy) is 2. The number of nitrogens with zero attached hydrogens (tertiary/aromatic N) is 1. The molecule has 3 aromatic carbocycles. The van der Waals surface area contributed by atoms with Gasteiger partial charge in [-0.25, -0.2) is 22.9 Å². The van der Waals surface area contributed by atoms with Crippen LogP contribution in [0.5, 0.6) is 11.5 Å². The fourth-order valence-electron chi connectivity index (χ4n) is 3.02. The van der Waals surface area contributed by atoms with Gasteiger partial charge >= 0.3 is 5.97 Å². The zero-order valence-electron chi connectivity index (χ0n) is 16.8. The summed E-state index contributed by atoms with van der Waals surface area (Å²) in [6.45, 7) is 0.176. The summed E-state index contributed by atoms with van der Waals surface area (Å²) in [7, 11) is -2.55. The van der Waals surface area contributed by atoms with E-state index in [-0.39, 0.29) is 28.8 Å². The molecule has 0 unspecified atom stereocenters. The lowest BCUT2D eigenvalue weighted by Gasteiger charge is -2.23. The van der Waals surface area contributed by atoms with E-state index in [1.54, 1.807) is 60.7 Å². The van der Waals surface area contributed by atoms with Gasteiger partial charge in [0.2, 0.25) is 5.96 Å². The molecule has 1 aliphatic rings. The average molecular weight is 472 g/mol. The molecule has 4 rings (SSSR count). The third-order valence-corrected chi connectivity index (χ3v) is 6.30. The largest absolute Gasteiger partial charge is 0.465 e. The van der Waals surface area contributed by atoms with Gasteiger partial charge in [-0.1, -0.05) is 41.9 Å². The van der Waals surface area contributed by atoms with Crippen LogP contribution in [0.15, 0.2) is 76.6 Å². The molecular weight excluding hydrogens is 454 g/mol. The number of hydrogen-bond donors (Lipinski definition) is 2. The van der Waals surface area contributed by atoms with Crippen molar-refractivity contribution < 1.29 is 22.7 Å². The van der Waals surface area contributed by atoms with Crippen LogP contribution in [-0.2, 0) is 21.3 Å². The third kappa shape index (κ3) is 4.53. The average Bonchev–Trinajstić information content (AvgIpc) is 2.79. The Balaban J connectivity index is 1.60. The van der Waals surface area contributed by atoms with Crippen LogP contribution in [0.2, 0.25) is 5.02 Å². The Kier molecular flexibility index (Phi) is 6.02. The third-order valence-electron chi connectivity index (χ3n) is 4.60. The maximum absolute atomic E-state index is 12.8. The highest BCUT2D eigenvalue weighted by molar-refractivity contribution is 7.90. The van der Waals surface area contributed by atoms with Crippen molar-refractivity contribution >= 4 is 39.2 Å². The van der Waals surface area contributed by atoms with Crippen molar-refractivity contribution in [1.29, 1.82) is 0 Å². The fraction of sp³-hybridized carbons (Fsp3) is 0.0909. The topological polar surface area (TPSA) is 106 Å². The van der Waals surface area contributed by atoms with Gasteiger partial charge in [0.25, 0.3) is 10.0 Å². The van der Waals surface area contributed by atoms with E-state index in [1.165, 1.54) is 13.2 Å². The molecule has 0 aliphatic carbocycles. The molecule has 8 nitrogen and oxygen atoms in total. The lowest BCUT2D eigenvalue weighted by molar-refractivity contribution is 0.0600. The first-order chi connectivity index (χ1) is 15.4. The second-order valence-electron chi connectivity index (χ2n) is 6.75. The van der Waals surface area contributed by atoms with Crippen LogP contribution in [-0.4, -0.2) is 27.5 Å². The minimum absolute atomic E-state index is 0.0310.